The lowest BCUT2D eigenvalue weighted by Crippen LogP contribution is -2.25. The molecule has 122 valence electrons. The van der Waals surface area contributed by atoms with Crippen molar-refractivity contribution in [2.24, 2.45) is 0 Å². The van der Waals surface area contributed by atoms with Gasteiger partial charge in [-0.1, -0.05) is 36.4 Å². The monoisotopic (exact) mass is 313 g/mol. The molecule has 4 heteroatoms. The van der Waals surface area contributed by atoms with Crippen LogP contribution in [0.5, 0.6) is 5.75 Å². The van der Waals surface area contributed by atoms with Gasteiger partial charge >= 0.3 is 0 Å². The van der Waals surface area contributed by atoms with Gasteiger partial charge in [-0.15, -0.1) is 0 Å². The zero-order chi connectivity index (χ0) is 16.5. The molecule has 0 aliphatic carbocycles. The van der Waals surface area contributed by atoms with Crippen molar-refractivity contribution >= 4 is 5.91 Å². The normalized spacial score (nSPS) is 10.3. The van der Waals surface area contributed by atoms with E-state index < -0.39 is 0 Å². The van der Waals surface area contributed by atoms with Gasteiger partial charge in [0.2, 0.25) is 0 Å². The van der Waals surface area contributed by atoms with Crippen LogP contribution in [0, 0.1) is 6.92 Å². The molecular formula is C19H23NO3. The molecule has 1 N–H and O–H groups in total. The molecule has 0 saturated heterocycles. The number of nitrogens with one attached hydrogen (secondary N) is 1. The molecule has 0 atom stereocenters. The van der Waals surface area contributed by atoms with Crippen LogP contribution >= 0.6 is 0 Å². The molecule has 2 aromatic carbocycles. The molecule has 0 bridgehead atoms. The van der Waals surface area contributed by atoms with Crippen LogP contribution in [0.4, 0.5) is 0 Å². The maximum absolute atomic E-state index is 12.1. The number of hydrogen-bond donors (Lipinski definition) is 1. The van der Waals surface area contributed by atoms with Gasteiger partial charge in [0, 0.05) is 18.7 Å². The third-order valence-electron chi connectivity index (χ3n) is 3.53. The molecule has 0 fully saturated rings. The third-order valence-corrected chi connectivity index (χ3v) is 3.53. The second-order valence-corrected chi connectivity index (χ2v) is 5.33. The van der Waals surface area contributed by atoms with Crippen molar-refractivity contribution in [1.82, 2.24) is 5.32 Å². The summed E-state index contributed by atoms with van der Waals surface area (Å²) in [6.45, 7) is 3.75. The van der Waals surface area contributed by atoms with Crippen molar-refractivity contribution in [2.45, 2.75) is 20.0 Å². The van der Waals surface area contributed by atoms with E-state index in [0.29, 0.717) is 25.3 Å². The van der Waals surface area contributed by atoms with Gasteiger partial charge in [0.1, 0.15) is 5.75 Å². The molecule has 2 rings (SSSR count). The highest BCUT2D eigenvalue weighted by Gasteiger charge is 2.07. The lowest BCUT2D eigenvalue weighted by atomic mass is 10.1. The zero-order valence-corrected chi connectivity index (χ0v) is 13.7. The lowest BCUT2D eigenvalue weighted by Gasteiger charge is -2.09. The Balaban J connectivity index is 1.67. The molecule has 0 saturated carbocycles. The number of carbonyl (C=O) groups excluding carboxylic acids is 1. The van der Waals surface area contributed by atoms with E-state index in [-0.39, 0.29) is 5.91 Å². The average molecular weight is 313 g/mol. The number of methoxy groups -OCH3 is 1. The number of hydrogen-bond acceptors (Lipinski definition) is 3. The summed E-state index contributed by atoms with van der Waals surface area (Å²) < 4.78 is 10.8. The second kappa shape index (κ2) is 8.96. The number of ether oxygens (including phenoxy) is 2. The van der Waals surface area contributed by atoms with Gasteiger partial charge in [-0.25, -0.2) is 0 Å². The highest BCUT2D eigenvalue weighted by molar-refractivity contribution is 5.94. The lowest BCUT2D eigenvalue weighted by molar-refractivity contribution is 0.0934. The molecule has 23 heavy (non-hydrogen) atoms. The SMILES string of the molecule is COc1cc(C(=O)NCCCOCc2ccccc2)ccc1C. The summed E-state index contributed by atoms with van der Waals surface area (Å²) in [6, 6.07) is 15.5. The second-order valence-electron chi connectivity index (χ2n) is 5.33. The fourth-order valence-corrected chi connectivity index (χ4v) is 2.20. The van der Waals surface area contributed by atoms with Gasteiger partial charge in [0.15, 0.2) is 0 Å². The summed E-state index contributed by atoms with van der Waals surface area (Å²) >= 11 is 0. The van der Waals surface area contributed by atoms with Crippen LogP contribution < -0.4 is 10.1 Å². The molecule has 0 aliphatic heterocycles. The van der Waals surface area contributed by atoms with Gasteiger partial charge < -0.3 is 14.8 Å². The standard InChI is InChI=1S/C19H23NO3/c1-15-9-10-17(13-18(15)22-2)19(21)20-11-6-12-23-14-16-7-4-3-5-8-16/h3-5,7-10,13H,6,11-12,14H2,1-2H3,(H,20,21). The minimum Gasteiger partial charge on any atom is -0.496 e. The predicted molar refractivity (Wildman–Crippen MR) is 90.8 cm³/mol. The van der Waals surface area contributed by atoms with Crippen molar-refractivity contribution in [3.63, 3.8) is 0 Å². The highest BCUT2D eigenvalue weighted by Crippen LogP contribution is 2.18. The Morgan fingerprint density at radius 3 is 2.65 bits per heavy atom. The van der Waals surface area contributed by atoms with E-state index >= 15 is 0 Å². The molecule has 1 amide bonds. The summed E-state index contributed by atoms with van der Waals surface area (Å²) in [4.78, 5) is 12.1. The van der Waals surface area contributed by atoms with E-state index in [1.165, 1.54) is 0 Å². The topological polar surface area (TPSA) is 47.6 Å². The Kier molecular flexibility index (Phi) is 6.63. The number of amides is 1. The fourth-order valence-electron chi connectivity index (χ4n) is 2.20. The number of aryl methyl sites for hydroxylation is 1. The van der Waals surface area contributed by atoms with Crippen LogP contribution in [0.2, 0.25) is 0 Å². The molecule has 2 aromatic rings. The first-order valence-electron chi connectivity index (χ1n) is 7.75. The summed E-state index contributed by atoms with van der Waals surface area (Å²) in [6.07, 6.45) is 0.779. The minimum atomic E-state index is -0.0913. The molecule has 4 nitrogen and oxygen atoms in total. The van der Waals surface area contributed by atoms with E-state index in [2.05, 4.69) is 5.32 Å². The first-order valence-corrected chi connectivity index (χ1v) is 7.75. The molecule has 0 heterocycles. The molecule has 0 spiro atoms. The smallest absolute Gasteiger partial charge is 0.251 e. The third kappa shape index (κ3) is 5.42. The molecule has 0 aliphatic rings. The summed E-state index contributed by atoms with van der Waals surface area (Å²) in [5.74, 6) is 0.634. The Hall–Kier alpha value is -2.33. The number of benzene rings is 2. The zero-order valence-electron chi connectivity index (χ0n) is 13.7. The Labute approximate surface area is 137 Å². The van der Waals surface area contributed by atoms with Crippen molar-refractivity contribution in [3.05, 3.63) is 65.2 Å². The van der Waals surface area contributed by atoms with Crippen molar-refractivity contribution in [3.8, 4) is 5.75 Å². The largest absolute Gasteiger partial charge is 0.496 e. The quantitative estimate of drug-likeness (QED) is 0.760. The molecule has 0 radical (unpaired) electrons. The van der Waals surface area contributed by atoms with Crippen LogP contribution in [0.1, 0.15) is 27.9 Å². The van der Waals surface area contributed by atoms with E-state index in [0.717, 1.165) is 23.3 Å². The van der Waals surface area contributed by atoms with Crippen LogP contribution in [0.15, 0.2) is 48.5 Å². The van der Waals surface area contributed by atoms with E-state index in [4.69, 9.17) is 9.47 Å². The van der Waals surface area contributed by atoms with Crippen LogP contribution in [0.3, 0.4) is 0 Å². The number of carbonyl (C=O) groups is 1. The van der Waals surface area contributed by atoms with Gasteiger partial charge in [-0.05, 0) is 36.6 Å². The van der Waals surface area contributed by atoms with E-state index in [1.54, 1.807) is 19.2 Å². The van der Waals surface area contributed by atoms with Gasteiger partial charge in [0.25, 0.3) is 5.91 Å². The van der Waals surface area contributed by atoms with Crippen molar-refractivity contribution in [2.75, 3.05) is 20.3 Å². The highest BCUT2D eigenvalue weighted by atomic mass is 16.5. The Morgan fingerprint density at radius 1 is 1.13 bits per heavy atom. The predicted octanol–water partition coefficient (Wildman–Crippen LogP) is 3.34. The van der Waals surface area contributed by atoms with E-state index in [1.807, 2.05) is 43.3 Å². The first kappa shape index (κ1) is 17.0. The van der Waals surface area contributed by atoms with Crippen LogP contribution in [-0.4, -0.2) is 26.2 Å². The summed E-state index contributed by atoms with van der Waals surface area (Å²) in [5.41, 5.74) is 2.78. The summed E-state index contributed by atoms with van der Waals surface area (Å²) in [7, 11) is 1.61. The Bertz CT molecular complexity index is 626. The first-order chi connectivity index (χ1) is 11.2. The van der Waals surface area contributed by atoms with Crippen LogP contribution in [-0.2, 0) is 11.3 Å². The average Bonchev–Trinajstić information content (AvgIpc) is 2.59. The van der Waals surface area contributed by atoms with E-state index in [9.17, 15) is 4.79 Å². The van der Waals surface area contributed by atoms with Gasteiger partial charge in [0.05, 0.1) is 13.7 Å². The fraction of sp³-hybridized carbons (Fsp3) is 0.316. The van der Waals surface area contributed by atoms with Crippen molar-refractivity contribution in [1.29, 1.82) is 0 Å². The van der Waals surface area contributed by atoms with Gasteiger partial charge in [-0.2, -0.15) is 0 Å². The molecule has 0 unspecified atom stereocenters. The summed E-state index contributed by atoms with van der Waals surface area (Å²) in [5, 5.41) is 2.89. The molecular weight excluding hydrogens is 290 g/mol. The Morgan fingerprint density at radius 2 is 1.91 bits per heavy atom. The maximum atomic E-state index is 12.1. The minimum absolute atomic E-state index is 0.0913. The van der Waals surface area contributed by atoms with Crippen LogP contribution in [0.25, 0.3) is 0 Å². The van der Waals surface area contributed by atoms with Gasteiger partial charge in [-0.3, -0.25) is 4.79 Å². The van der Waals surface area contributed by atoms with Crippen molar-refractivity contribution < 1.29 is 14.3 Å². The maximum Gasteiger partial charge on any atom is 0.251 e. The number of rotatable bonds is 8. The molecule has 0 aromatic heterocycles.